The Kier molecular flexibility index (Phi) is 3.97. The second-order valence-electron chi connectivity index (χ2n) is 3.47. The highest BCUT2D eigenvalue weighted by Crippen LogP contribution is 2.24. The quantitative estimate of drug-likeness (QED) is 0.759. The van der Waals surface area contributed by atoms with Crippen molar-refractivity contribution in [3.8, 4) is 0 Å². The van der Waals surface area contributed by atoms with Crippen LogP contribution in [0.3, 0.4) is 0 Å². The summed E-state index contributed by atoms with van der Waals surface area (Å²) in [5.74, 6) is -1.91. The monoisotopic (exact) mass is 212 g/mol. The zero-order chi connectivity index (χ0) is 11.4. The van der Waals surface area contributed by atoms with Gasteiger partial charge in [-0.05, 0) is 18.9 Å². The van der Waals surface area contributed by atoms with Crippen molar-refractivity contribution in [2.45, 2.75) is 25.9 Å². The van der Waals surface area contributed by atoms with Crippen molar-refractivity contribution < 1.29 is 13.9 Å². The maximum atomic E-state index is 13.2. The van der Waals surface area contributed by atoms with Crippen LogP contribution in [0.4, 0.5) is 8.78 Å². The Bertz CT molecular complexity index is 361. The van der Waals surface area contributed by atoms with Crippen LogP contribution in [0.2, 0.25) is 0 Å². The lowest BCUT2D eigenvalue weighted by Gasteiger charge is -2.12. The van der Waals surface area contributed by atoms with Crippen molar-refractivity contribution in [3.63, 3.8) is 0 Å². The first-order valence-corrected chi connectivity index (χ1v) is 4.84. The largest absolute Gasteiger partial charge is 0.388 e. The second-order valence-corrected chi connectivity index (χ2v) is 3.47. The highest BCUT2D eigenvalue weighted by Gasteiger charge is 2.15. The van der Waals surface area contributed by atoms with Crippen molar-refractivity contribution in [3.05, 3.63) is 47.5 Å². The number of benzene rings is 1. The molecule has 0 aliphatic carbocycles. The molecule has 82 valence electrons. The maximum Gasteiger partial charge on any atom is 0.164 e. The summed E-state index contributed by atoms with van der Waals surface area (Å²) < 4.78 is 26.1. The molecular formula is C12H14F2O. The molecular weight excluding hydrogens is 198 g/mol. The van der Waals surface area contributed by atoms with E-state index in [0.29, 0.717) is 6.42 Å². The minimum Gasteiger partial charge on any atom is -0.388 e. The van der Waals surface area contributed by atoms with Crippen LogP contribution in [0.1, 0.15) is 31.4 Å². The number of halogens is 2. The standard InChI is InChI=1S/C12H14F2O/c1-3-8(2)7-11(15)9-5-4-6-10(13)12(9)14/h4-6,11,15H,2-3,7H2,1H3. The average Bonchev–Trinajstić information content (AvgIpc) is 2.21. The zero-order valence-electron chi connectivity index (χ0n) is 8.63. The zero-order valence-corrected chi connectivity index (χ0v) is 8.63. The van der Waals surface area contributed by atoms with Crippen LogP contribution in [-0.4, -0.2) is 5.11 Å². The van der Waals surface area contributed by atoms with E-state index < -0.39 is 17.7 Å². The molecule has 0 saturated carbocycles. The van der Waals surface area contributed by atoms with Gasteiger partial charge < -0.3 is 5.11 Å². The second kappa shape index (κ2) is 5.03. The smallest absolute Gasteiger partial charge is 0.164 e. The summed E-state index contributed by atoms with van der Waals surface area (Å²) in [5, 5.41) is 9.66. The van der Waals surface area contributed by atoms with E-state index in [4.69, 9.17) is 0 Å². The number of aliphatic hydroxyl groups is 1. The average molecular weight is 212 g/mol. The molecule has 0 spiro atoms. The van der Waals surface area contributed by atoms with Crippen LogP contribution in [-0.2, 0) is 0 Å². The molecule has 0 aliphatic rings. The molecule has 1 unspecified atom stereocenters. The third-order valence-electron chi connectivity index (χ3n) is 2.32. The number of hydrogen-bond acceptors (Lipinski definition) is 1. The molecule has 1 N–H and O–H groups in total. The third kappa shape index (κ3) is 2.86. The van der Waals surface area contributed by atoms with E-state index in [1.54, 1.807) is 0 Å². The van der Waals surface area contributed by atoms with Gasteiger partial charge >= 0.3 is 0 Å². The highest BCUT2D eigenvalue weighted by molar-refractivity contribution is 5.22. The molecule has 1 rings (SSSR count). The molecule has 0 fully saturated rings. The normalized spacial score (nSPS) is 12.5. The van der Waals surface area contributed by atoms with Gasteiger partial charge in [-0.25, -0.2) is 8.78 Å². The first-order chi connectivity index (χ1) is 7.06. The van der Waals surface area contributed by atoms with Gasteiger partial charge in [0.05, 0.1) is 6.10 Å². The Morgan fingerprint density at radius 3 is 2.73 bits per heavy atom. The number of hydrogen-bond donors (Lipinski definition) is 1. The van der Waals surface area contributed by atoms with E-state index in [1.807, 2.05) is 6.92 Å². The van der Waals surface area contributed by atoms with Crippen molar-refractivity contribution in [2.24, 2.45) is 0 Å². The lowest BCUT2D eigenvalue weighted by Crippen LogP contribution is -2.03. The van der Waals surface area contributed by atoms with Gasteiger partial charge in [-0.2, -0.15) is 0 Å². The summed E-state index contributed by atoms with van der Waals surface area (Å²) in [6, 6.07) is 3.79. The first kappa shape index (κ1) is 11.9. The highest BCUT2D eigenvalue weighted by atomic mass is 19.2. The fourth-order valence-electron chi connectivity index (χ4n) is 1.31. The maximum absolute atomic E-state index is 13.2. The summed E-state index contributed by atoms with van der Waals surface area (Å²) in [7, 11) is 0. The molecule has 3 heteroatoms. The van der Waals surface area contributed by atoms with E-state index in [1.165, 1.54) is 12.1 Å². The van der Waals surface area contributed by atoms with Gasteiger partial charge in [-0.3, -0.25) is 0 Å². The molecule has 1 aromatic carbocycles. The summed E-state index contributed by atoms with van der Waals surface area (Å²) in [6.45, 7) is 5.61. The third-order valence-corrected chi connectivity index (χ3v) is 2.32. The summed E-state index contributed by atoms with van der Waals surface area (Å²) >= 11 is 0. The molecule has 0 aliphatic heterocycles. The van der Waals surface area contributed by atoms with Gasteiger partial charge in [0.15, 0.2) is 11.6 Å². The molecule has 0 bridgehead atoms. The predicted octanol–water partition coefficient (Wildman–Crippen LogP) is 3.35. The lowest BCUT2D eigenvalue weighted by atomic mass is 10.0. The fraction of sp³-hybridized carbons (Fsp3) is 0.333. The summed E-state index contributed by atoms with van der Waals surface area (Å²) in [5.41, 5.74) is 0.802. The Morgan fingerprint density at radius 1 is 1.47 bits per heavy atom. The fourth-order valence-corrected chi connectivity index (χ4v) is 1.31. The minimum atomic E-state index is -1.02. The van der Waals surface area contributed by atoms with Crippen molar-refractivity contribution in [1.82, 2.24) is 0 Å². The van der Waals surface area contributed by atoms with Gasteiger partial charge in [0, 0.05) is 5.56 Å². The molecule has 0 heterocycles. The molecule has 0 radical (unpaired) electrons. The SMILES string of the molecule is C=C(CC)CC(O)c1cccc(F)c1F. The topological polar surface area (TPSA) is 20.2 Å². The van der Waals surface area contributed by atoms with E-state index in [2.05, 4.69) is 6.58 Å². The minimum absolute atomic E-state index is 0.00963. The van der Waals surface area contributed by atoms with Gasteiger partial charge in [0.2, 0.25) is 0 Å². The van der Waals surface area contributed by atoms with Crippen molar-refractivity contribution in [2.75, 3.05) is 0 Å². The summed E-state index contributed by atoms with van der Waals surface area (Å²) in [4.78, 5) is 0. The van der Waals surface area contributed by atoms with Crippen LogP contribution < -0.4 is 0 Å². The van der Waals surface area contributed by atoms with E-state index in [-0.39, 0.29) is 12.0 Å². The van der Waals surface area contributed by atoms with E-state index in [9.17, 15) is 13.9 Å². The number of rotatable bonds is 4. The lowest BCUT2D eigenvalue weighted by molar-refractivity contribution is 0.171. The Hall–Kier alpha value is -1.22. The molecule has 1 aromatic rings. The predicted molar refractivity (Wildman–Crippen MR) is 55.4 cm³/mol. The number of aliphatic hydroxyl groups excluding tert-OH is 1. The van der Waals surface area contributed by atoms with E-state index in [0.717, 1.165) is 11.6 Å². The van der Waals surface area contributed by atoms with Gasteiger partial charge in [-0.1, -0.05) is 31.2 Å². The van der Waals surface area contributed by atoms with Gasteiger partial charge in [-0.15, -0.1) is 0 Å². The van der Waals surface area contributed by atoms with Crippen LogP contribution in [0.25, 0.3) is 0 Å². The Balaban J connectivity index is 2.86. The molecule has 0 saturated heterocycles. The van der Waals surface area contributed by atoms with Crippen molar-refractivity contribution in [1.29, 1.82) is 0 Å². The molecule has 1 atom stereocenters. The molecule has 0 amide bonds. The Labute approximate surface area is 88.1 Å². The molecule has 0 aromatic heterocycles. The van der Waals surface area contributed by atoms with Crippen LogP contribution in [0.5, 0.6) is 0 Å². The van der Waals surface area contributed by atoms with Crippen LogP contribution in [0.15, 0.2) is 30.4 Å². The van der Waals surface area contributed by atoms with Crippen molar-refractivity contribution >= 4 is 0 Å². The Morgan fingerprint density at radius 2 is 2.13 bits per heavy atom. The van der Waals surface area contributed by atoms with Gasteiger partial charge in [0.1, 0.15) is 0 Å². The first-order valence-electron chi connectivity index (χ1n) is 4.84. The molecule has 15 heavy (non-hydrogen) atoms. The van der Waals surface area contributed by atoms with E-state index >= 15 is 0 Å². The molecule has 1 nitrogen and oxygen atoms in total. The van der Waals surface area contributed by atoms with Gasteiger partial charge in [0.25, 0.3) is 0 Å². The van der Waals surface area contributed by atoms with Crippen LogP contribution >= 0.6 is 0 Å². The van der Waals surface area contributed by atoms with Crippen LogP contribution in [0, 0.1) is 11.6 Å². The summed E-state index contributed by atoms with van der Waals surface area (Å²) in [6.07, 6.45) is -0.0432.